The second-order valence-electron chi connectivity index (χ2n) is 4.73. The highest BCUT2D eigenvalue weighted by Crippen LogP contribution is 2.21. The molecule has 0 spiro atoms. The molecule has 19 heavy (non-hydrogen) atoms. The monoisotopic (exact) mass is 262 g/mol. The van der Waals surface area contributed by atoms with E-state index in [9.17, 15) is 0 Å². The van der Waals surface area contributed by atoms with Crippen LogP contribution in [0.2, 0.25) is 0 Å². The van der Waals surface area contributed by atoms with E-state index < -0.39 is 5.54 Å². The average molecular weight is 262 g/mol. The predicted octanol–water partition coefficient (Wildman–Crippen LogP) is 2.74. The van der Waals surface area contributed by atoms with E-state index in [2.05, 4.69) is 11.4 Å². The lowest BCUT2D eigenvalue weighted by Gasteiger charge is -2.25. The molecule has 4 nitrogen and oxygen atoms in total. The van der Waals surface area contributed by atoms with Crippen molar-refractivity contribution in [2.45, 2.75) is 38.8 Å². The summed E-state index contributed by atoms with van der Waals surface area (Å²) in [5.41, 5.74) is -0.565. The van der Waals surface area contributed by atoms with Crippen LogP contribution < -0.4 is 14.8 Å². The van der Waals surface area contributed by atoms with Gasteiger partial charge < -0.3 is 14.8 Å². The number of hydrogen-bond donors (Lipinski definition) is 1. The zero-order valence-electron chi connectivity index (χ0n) is 12.1. The maximum Gasteiger partial charge on any atom is 0.119 e. The van der Waals surface area contributed by atoms with Crippen molar-refractivity contribution >= 4 is 0 Å². The maximum absolute atomic E-state index is 9.11. The Balaban J connectivity index is 2.57. The summed E-state index contributed by atoms with van der Waals surface area (Å²) in [5, 5.41) is 12.1. The smallest absolute Gasteiger partial charge is 0.119 e. The molecule has 2 unspecified atom stereocenters. The SMILES string of the molecule is CCOc1ccc(OC(C)CC(C)(C#N)NC)cc1. The summed E-state index contributed by atoms with van der Waals surface area (Å²) in [5.74, 6) is 1.62. The van der Waals surface area contributed by atoms with Gasteiger partial charge in [-0.05, 0) is 52.1 Å². The van der Waals surface area contributed by atoms with Crippen LogP contribution in [0.3, 0.4) is 0 Å². The summed E-state index contributed by atoms with van der Waals surface area (Å²) < 4.78 is 11.2. The summed E-state index contributed by atoms with van der Waals surface area (Å²) >= 11 is 0. The molecule has 0 aliphatic carbocycles. The van der Waals surface area contributed by atoms with Crippen LogP contribution in [0.4, 0.5) is 0 Å². The lowest BCUT2D eigenvalue weighted by atomic mass is 9.97. The lowest BCUT2D eigenvalue weighted by Crippen LogP contribution is -2.41. The highest BCUT2D eigenvalue weighted by atomic mass is 16.5. The Bertz CT molecular complexity index is 425. The Morgan fingerprint density at radius 2 is 1.89 bits per heavy atom. The van der Waals surface area contributed by atoms with Crippen molar-refractivity contribution in [2.75, 3.05) is 13.7 Å². The number of rotatable bonds is 7. The highest BCUT2D eigenvalue weighted by Gasteiger charge is 2.25. The van der Waals surface area contributed by atoms with Gasteiger partial charge in [-0.3, -0.25) is 0 Å². The van der Waals surface area contributed by atoms with Crippen LogP contribution in [0.15, 0.2) is 24.3 Å². The molecule has 2 atom stereocenters. The van der Waals surface area contributed by atoms with E-state index in [1.54, 1.807) is 7.05 Å². The van der Waals surface area contributed by atoms with Gasteiger partial charge in [0.2, 0.25) is 0 Å². The van der Waals surface area contributed by atoms with Crippen LogP contribution in [0, 0.1) is 11.3 Å². The third-order valence-corrected chi connectivity index (χ3v) is 2.97. The largest absolute Gasteiger partial charge is 0.494 e. The molecule has 1 rings (SSSR count). The van der Waals surface area contributed by atoms with Gasteiger partial charge in [-0.1, -0.05) is 0 Å². The first-order chi connectivity index (χ1) is 9.03. The molecule has 1 aromatic carbocycles. The van der Waals surface area contributed by atoms with E-state index in [1.807, 2.05) is 45.0 Å². The third kappa shape index (κ3) is 4.80. The molecule has 0 aliphatic rings. The van der Waals surface area contributed by atoms with Crippen molar-refractivity contribution in [3.8, 4) is 17.6 Å². The van der Waals surface area contributed by atoms with Crippen molar-refractivity contribution in [1.82, 2.24) is 5.32 Å². The first-order valence-corrected chi connectivity index (χ1v) is 6.52. The molecule has 0 saturated carbocycles. The van der Waals surface area contributed by atoms with Crippen LogP contribution in [0.5, 0.6) is 11.5 Å². The normalized spacial score (nSPS) is 15.1. The zero-order chi connectivity index (χ0) is 14.3. The molecule has 0 radical (unpaired) electrons. The summed E-state index contributed by atoms with van der Waals surface area (Å²) in [4.78, 5) is 0. The van der Waals surface area contributed by atoms with Crippen molar-refractivity contribution in [1.29, 1.82) is 5.26 Å². The predicted molar refractivity (Wildman–Crippen MR) is 75.4 cm³/mol. The Morgan fingerprint density at radius 1 is 1.32 bits per heavy atom. The van der Waals surface area contributed by atoms with E-state index in [0.29, 0.717) is 13.0 Å². The van der Waals surface area contributed by atoms with Crippen LogP contribution in [-0.2, 0) is 0 Å². The zero-order valence-corrected chi connectivity index (χ0v) is 12.1. The van der Waals surface area contributed by atoms with E-state index in [4.69, 9.17) is 14.7 Å². The van der Waals surface area contributed by atoms with Gasteiger partial charge in [0.1, 0.15) is 17.0 Å². The quantitative estimate of drug-likeness (QED) is 0.821. The van der Waals surface area contributed by atoms with Gasteiger partial charge >= 0.3 is 0 Å². The molecule has 104 valence electrons. The van der Waals surface area contributed by atoms with Gasteiger partial charge in [0.25, 0.3) is 0 Å². The van der Waals surface area contributed by atoms with Crippen molar-refractivity contribution in [3.63, 3.8) is 0 Å². The molecule has 0 aromatic heterocycles. The summed E-state index contributed by atoms with van der Waals surface area (Å²) in [6.45, 7) is 6.43. The van der Waals surface area contributed by atoms with E-state index >= 15 is 0 Å². The van der Waals surface area contributed by atoms with E-state index in [0.717, 1.165) is 11.5 Å². The summed E-state index contributed by atoms with van der Waals surface area (Å²) in [6, 6.07) is 9.78. The molecule has 0 fully saturated rings. The third-order valence-electron chi connectivity index (χ3n) is 2.97. The number of nitrogens with zero attached hydrogens (tertiary/aromatic N) is 1. The van der Waals surface area contributed by atoms with Crippen molar-refractivity contribution in [3.05, 3.63) is 24.3 Å². The van der Waals surface area contributed by atoms with Crippen LogP contribution >= 0.6 is 0 Å². The number of benzene rings is 1. The van der Waals surface area contributed by atoms with Gasteiger partial charge in [0.05, 0.1) is 18.8 Å². The van der Waals surface area contributed by atoms with Gasteiger partial charge in [-0.15, -0.1) is 0 Å². The molecular formula is C15H22N2O2. The molecule has 0 saturated heterocycles. The molecule has 0 heterocycles. The van der Waals surface area contributed by atoms with E-state index in [-0.39, 0.29) is 6.10 Å². The maximum atomic E-state index is 9.11. The second kappa shape index (κ2) is 7.01. The van der Waals surface area contributed by atoms with Crippen molar-refractivity contribution < 1.29 is 9.47 Å². The van der Waals surface area contributed by atoms with Gasteiger partial charge in [-0.25, -0.2) is 0 Å². The first kappa shape index (κ1) is 15.3. The minimum absolute atomic E-state index is 0.0463. The molecule has 1 N–H and O–H groups in total. The second-order valence-corrected chi connectivity index (χ2v) is 4.73. The van der Waals surface area contributed by atoms with Gasteiger partial charge in [0, 0.05) is 6.42 Å². The Hall–Kier alpha value is -1.73. The van der Waals surface area contributed by atoms with Gasteiger partial charge in [0.15, 0.2) is 0 Å². The lowest BCUT2D eigenvalue weighted by molar-refractivity contribution is 0.182. The topological polar surface area (TPSA) is 54.3 Å². The fraction of sp³-hybridized carbons (Fsp3) is 0.533. The molecular weight excluding hydrogens is 240 g/mol. The number of nitriles is 1. The Labute approximate surface area is 115 Å². The first-order valence-electron chi connectivity index (χ1n) is 6.52. The van der Waals surface area contributed by atoms with Crippen LogP contribution in [-0.4, -0.2) is 25.3 Å². The Kier molecular flexibility index (Phi) is 5.65. The fourth-order valence-corrected chi connectivity index (χ4v) is 1.83. The van der Waals surface area contributed by atoms with E-state index in [1.165, 1.54) is 0 Å². The van der Waals surface area contributed by atoms with Crippen molar-refractivity contribution in [2.24, 2.45) is 0 Å². The van der Waals surface area contributed by atoms with Crippen LogP contribution in [0.1, 0.15) is 27.2 Å². The highest BCUT2D eigenvalue weighted by molar-refractivity contribution is 5.31. The molecule has 4 heteroatoms. The van der Waals surface area contributed by atoms with Crippen LogP contribution in [0.25, 0.3) is 0 Å². The minimum Gasteiger partial charge on any atom is -0.494 e. The number of hydrogen-bond acceptors (Lipinski definition) is 4. The minimum atomic E-state index is -0.565. The molecule has 0 aliphatic heterocycles. The standard InChI is InChI=1S/C15H22N2O2/c1-5-18-13-6-8-14(9-7-13)19-12(2)10-15(3,11-16)17-4/h6-9,12,17H,5,10H2,1-4H3. The molecule has 0 amide bonds. The van der Waals surface area contributed by atoms with Gasteiger partial charge in [-0.2, -0.15) is 5.26 Å². The number of ether oxygens (including phenoxy) is 2. The molecule has 0 bridgehead atoms. The fourth-order valence-electron chi connectivity index (χ4n) is 1.83. The number of nitrogens with one attached hydrogen (secondary N) is 1. The molecule has 1 aromatic rings. The summed E-state index contributed by atoms with van der Waals surface area (Å²) in [7, 11) is 1.78. The Morgan fingerprint density at radius 3 is 2.37 bits per heavy atom. The average Bonchev–Trinajstić information content (AvgIpc) is 2.41. The summed E-state index contributed by atoms with van der Waals surface area (Å²) in [6.07, 6.45) is 0.572.